The van der Waals surface area contributed by atoms with E-state index in [-0.39, 0.29) is 0 Å². The summed E-state index contributed by atoms with van der Waals surface area (Å²) in [4.78, 5) is 10.5. The molecular weight excluding hydrogens is 597 g/mol. The van der Waals surface area contributed by atoms with E-state index in [9.17, 15) is 0 Å². The maximum Gasteiger partial charge on any atom is 0.143 e. The van der Waals surface area contributed by atoms with Crippen LogP contribution in [0.25, 0.3) is 109 Å². The lowest BCUT2D eigenvalue weighted by atomic mass is 9.92. The molecule has 0 radical (unpaired) electrons. The third-order valence-electron chi connectivity index (χ3n) is 10.2. The fourth-order valence-corrected chi connectivity index (χ4v) is 8.10. The number of pyridine rings is 2. The SMILES string of the molecule is c1cc(-c2nc3c4ccccc4c4ccccc4c3c3ncccc23)cc(-c2cc3ccccc3c3c2oc2ccc4ccccc4c23)c1. The van der Waals surface area contributed by atoms with Gasteiger partial charge < -0.3 is 4.42 Å². The van der Waals surface area contributed by atoms with E-state index in [0.717, 1.165) is 71.5 Å². The summed E-state index contributed by atoms with van der Waals surface area (Å²) in [6.45, 7) is 0. The average molecular weight is 623 g/mol. The second-order valence-corrected chi connectivity index (χ2v) is 12.9. The van der Waals surface area contributed by atoms with Crippen molar-refractivity contribution in [1.82, 2.24) is 9.97 Å². The van der Waals surface area contributed by atoms with Crippen molar-refractivity contribution in [2.45, 2.75) is 0 Å². The molecule has 11 rings (SSSR count). The normalized spacial score (nSPS) is 12.1. The molecule has 0 N–H and O–H groups in total. The molecule has 0 saturated carbocycles. The van der Waals surface area contributed by atoms with E-state index in [1.165, 1.54) is 37.7 Å². The maximum atomic E-state index is 6.79. The predicted octanol–water partition coefficient (Wildman–Crippen LogP) is 12.6. The first-order valence-electron chi connectivity index (χ1n) is 16.7. The minimum absolute atomic E-state index is 0.898. The second-order valence-electron chi connectivity index (χ2n) is 12.9. The average Bonchev–Trinajstić information content (AvgIpc) is 3.58. The molecule has 0 aliphatic heterocycles. The number of fused-ring (bicyclic) bond motifs is 15. The molecule has 3 aromatic heterocycles. The zero-order valence-corrected chi connectivity index (χ0v) is 26.3. The van der Waals surface area contributed by atoms with Crippen LogP contribution in [0.5, 0.6) is 0 Å². The Bertz CT molecular complexity index is 3170. The van der Waals surface area contributed by atoms with Gasteiger partial charge in [-0.25, -0.2) is 4.98 Å². The zero-order valence-electron chi connectivity index (χ0n) is 26.3. The van der Waals surface area contributed by atoms with Gasteiger partial charge in [0.15, 0.2) is 0 Å². The Labute approximate surface area is 280 Å². The van der Waals surface area contributed by atoms with Crippen LogP contribution in [0.3, 0.4) is 0 Å². The van der Waals surface area contributed by atoms with Gasteiger partial charge in [-0.15, -0.1) is 0 Å². The topological polar surface area (TPSA) is 38.9 Å². The highest BCUT2D eigenvalue weighted by Gasteiger charge is 2.20. The summed E-state index contributed by atoms with van der Waals surface area (Å²) in [7, 11) is 0. The Kier molecular flexibility index (Phi) is 5.38. The molecule has 0 unspecified atom stereocenters. The summed E-state index contributed by atoms with van der Waals surface area (Å²) in [5.74, 6) is 0. The maximum absolute atomic E-state index is 6.79. The summed E-state index contributed by atoms with van der Waals surface area (Å²) in [6.07, 6.45) is 1.89. The Morgan fingerprint density at radius 1 is 0.408 bits per heavy atom. The predicted molar refractivity (Wildman–Crippen MR) is 205 cm³/mol. The van der Waals surface area contributed by atoms with Gasteiger partial charge in [0.05, 0.1) is 16.7 Å². The highest BCUT2D eigenvalue weighted by Crippen LogP contribution is 2.45. The van der Waals surface area contributed by atoms with E-state index < -0.39 is 0 Å². The molecule has 226 valence electrons. The van der Waals surface area contributed by atoms with Crippen LogP contribution in [-0.4, -0.2) is 9.97 Å². The highest BCUT2D eigenvalue weighted by molar-refractivity contribution is 6.31. The molecule has 49 heavy (non-hydrogen) atoms. The van der Waals surface area contributed by atoms with Gasteiger partial charge in [-0.3, -0.25) is 4.98 Å². The zero-order chi connectivity index (χ0) is 32.1. The van der Waals surface area contributed by atoms with Crippen molar-refractivity contribution in [3.63, 3.8) is 0 Å². The summed E-state index contributed by atoms with van der Waals surface area (Å²) in [5.41, 5.74) is 7.84. The molecule has 3 heteroatoms. The fraction of sp³-hybridized carbons (Fsp3) is 0. The van der Waals surface area contributed by atoms with Gasteiger partial charge >= 0.3 is 0 Å². The smallest absolute Gasteiger partial charge is 0.143 e. The van der Waals surface area contributed by atoms with Crippen LogP contribution in [0.1, 0.15) is 0 Å². The third-order valence-corrected chi connectivity index (χ3v) is 10.2. The third kappa shape index (κ3) is 3.73. The molecule has 3 heterocycles. The van der Waals surface area contributed by atoms with E-state index >= 15 is 0 Å². The van der Waals surface area contributed by atoms with Crippen molar-refractivity contribution in [1.29, 1.82) is 0 Å². The summed E-state index contributed by atoms with van der Waals surface area (Å²) >= 11 is 0. The van der Waals surface area contributed by atoms with Crippen LogP contribution in [0, 0.1) is 0 Å². The number of hydrogen-bond acceptors (Lipinski definition) is 3. The van der Waals surface area contributed by atoms with Crippen molar-refractivity contribution in [2.24, 2.45) is 0 Å². The summed E-state index contributed by atoms with van der Waals surface area (Å²) < 4.78 is 6.79. The molecule has 0 fully saturated rings. The van der Waals surface area contributed by atoms with Crippen LogP contribution in [-0.2, 0) is 0 Å². The highest BCUT2D eigenvalue weighted by atomic mass is 16.3. The summed E-state index contributed by atoms with van der Waals surface area (Å²) in [5, 5.41) is 13.9. The Balaban J connectivity index is 1.23. The van der Waals surface area contributed by atoms with Crippen LogP contribution >= 0.6 is 0 Å². The quantitative estimate of drug-likeness (QED) is 0.180. The number of hydrogen-bond donors (Lipinski definition) is 0. The lowest BCUT2D eigenvalue weighted by Gasteiger charge is -2.15. The fourth-order valence-electron chi connectivity index (χ4n) is 8.10. The number of benzene rings is 8. The lowest BCUT2D eigenvalue weighted by Crippen LogP contribution is -1.94. The lowest BCUT2D eigenvalue weighted by molar-refractivity contribution is 0.670. The van der Waals surface area contributed by atoms with E-state index in [2.05, 4.69) is 146 Å². The molecule has 3 nitrogen and oxygen atoms in total. The molecule has 0 aliphatic carbocycles. The first kappa shape index (κ1) is 26.5. The molecule has 11 aromatic rings. The van der Waals surface area contributed by atoms with Gasteiger partial charge in [-0.2, -0.15) is 0 Å². The van der Waals surface area contributed by atoms with Crippen LogP contribution in [0.4, 0.5) is 0 Å². The first-order valence-corrected chi connectivity index (χ1v) is 16.7. The van der Waals surface area contributed by atoms with Crippen LogP contribution in [0.2, 0.25) is 0 Å². The minimum Gasteiger partial charge on any atom is -0.455 e. The number of aromatic nitrogens is 2. The van der Waals surface area contributed by atoms with E-state index in [4.69, 9.17) is 14.4 Å². The standard InChI is InChI=1S/C46H26N2O/c1-3-15-31-27(11-1)22-23-39-40(31)41-32-16-4-2-12-29(32)26-38(46(41)49-39)28-13-9-14-30(25-28)43-37-21-10-24-47-44(37)42-35-19-7-5-17-33(35)34-18-6-8-20-36(34)45(42)48-43/h1-26H. The Morgan fingerprint density at radius 2 is 1.06 bits per heavy atom. The first-order chi connectivity index (χ1) is 24.3. The molecule has 0 saturated heterocycles. The molecule has 0 amide bonds. The Morgan fingerprint density at radius 3 is 1.90 bits per heavy atom. The minimum atomic E-state index is 0.898. The van der Waals surface area contributed by atoms with Crippen molar-refractivity contribution >= 4 is 86.8 Å². The number of rotatable bonds is 2. The largest absolute Gasteiger partial charge is 0.455 e. The molecular formula is C46H26N2O. The number of nitrogens with zero attached hydrogens (tertiary/aromatic N) is 2. The van der Waals surface area contributed by atoms with E-state index in [1.807, 2.05) is 12.3 Å². The Hall–Kier alpha value is -6.58. The van der Waals surface area contributed by atoms with Gasteiger partial charge in [0, 0.05) is 44.3 Å². The second kappa shape index (κ2) is 9.96. The molecule has 0 bridgehead atoms. The van der Waals surface area contributed by atoms with E-state index in [0.29, 0.717) is 0 Å². The number of furan rings is 1. The van der Waals surface area contributed by atoms with Gasteiger partial charge in [-0.05, 0) is 73.6 Å². The molecule has 0 spiro atoms. The van der Waals surface area contributed by atoms with Crippen LogP contribution < -0.4 is 0 Å². The molecule has 8 aromatic carbocycles. The van der Waals surface area contributed by atoms with Crippen molar-refractivity contribution in [2.75, 3.05) is 0 Å². The van der Waals surface area contributed by atoms with Gasteiger partial charge in [-0.1, -0.05) is 121 Å². The van der Waals surface area contributed by atoms with E-state index in [1.54, 1.807) is 0 Å². The van der Waals surface area contributed by atoms with Crippen LogP contribution in [0.15, 0.2) is 162 Å². The van der Waals surface area contributed by atoms with Gasteiger partial charge in [0.1, 0.15) is 11.2 Å². The van der Waals surface area contributed by atoms with Crippen molar-refractivity contribution < 1.29 is 4.42 Å². The molecule has 0 atom stereocenters. The van der Waals surface area contributed by atoms with Gasteiger partial charge in [0.25, 0.3) is 0 Å². The van der Waals surface area contributed by atoms with Gasteiger partial charge in [0.2, 0.25) is 0 Å². The molecule has 0 aliphatic rings. The van der Waals surface area contributed by atoms with Crippen molar-refractivity contribution in [3.8, 4) is 22.4 Å². The van der Waals surface area contributed by atoms with Crippen molar-refractivity contribution in [3.05, 3.63) is 158 Å². The summed E-state index contributed by atoms with van der Waals surface area (Å²) in [6, 6.07) is 53.9. The monoisotopic (exact) mass is 622 g/mol.